The molecule has 0 heterocycles. The molecule has 8 heteroatoms. The zero-order valence-electron chi connectivity index (χ0n) is 18.6. The Kier molecular flexibility index (Phi) is 7.76. The third-order valence-electron chi connectivity index (χ3n) is 4.86. The number of anilines is 1. The van der Waals surface area contributed by atoms with Crippen molar-refractivity contribution in [3.8, 4) is 0 Å². The van der Waals surface area contributed by atoms with Crippen LogP contribution in [0.1, 0.15) is 31.8 Å². The number of nitrogens with one attached hydrogen (secondary N) is 1. The van der Waals surface area contributed by atoms with Crippen molar-refractivity contribution in [3.05, 3.63) is 101 Å². The van der Waals surface area contributed by atoms with Gasteiger partial charge in [-0.2, -0.15) is 0 Å². The number of carboxylic acids is 1. The molecule has 0 saturated heterocycles. The van der Waals surface area contributed by atoms with Crippen LogP contribution < -0.4 is 5.32 Å². The molecule has 2 atom stereocenters. The standard InChI is InChI=1S/C26H23NO7/c1-16-8-12-18(13-9-16)25(31)33-21(23(28)27-20-6-4-3-5-7-20)22(24(29)30)34-26(32)19-14-10-17(2)11-15-19/h3-15,21-22H,1-2H3,(H,27,28)(H,29,30)/t21-,22-/m0/s1. The van der Waals surface area contributed by atoms with Crippen LogP contribution in [-0.2, 0) is 19.1 Å². The lowest BCUT2D eigenvalue weighted by Gasteiger charge is -2.23. The van der Waals surface area contributed by atoms with E-state index in [1.807, 2.05) is 13.8 Å². The fraction of sp³-hybridized carbons (Fsp3) is 0.154. The lowest BCUT2D eigenvalue weighted by Crippen LogP contribution is -2.48. The van der Waals surface area contributed by atoms with Gasteiger partial charge in [0.05, 0.1) is 11.1 Å². The van der Waals surface area contributed by atoms with E-state index in [-0.39, 0.29) is 11.1 Å². The largest absolute Gasteiger partial charge is 0.478 e. The van der Waals surface area contributed by atoms with E-state index in [4.69, 9.17) is 9.47 Å². The van der Waals surface area contributed by atoms with Crippen molar-refractivity contribution in [2.24, 2.45) is 0 Å². The first-order chi connectivity index (χ1) is 16.2. The first kappa shape index (κ1) is 24.2. The Morgan fingerprint density at radius 2 is 1.12 bits per heavy atom. The van der Waals surface area contributed by atoms with Crippen molar-refractivity contribution in [1.29, 1.82) is 0 Å². The first-order valence-electron chi connectivity index (χ1n) is 10.4. The third kappa shape index (κ3) is 6.29. The monoisotopic (exact) mass is 461 g/mol. The Morgan fingerprint density at radius 3 is 1.56 bits per heavy atom. The predicted molar refractivity (Wildman–Crippen MR) is 123 cm³/mol. The summed E-state index contributed by atoms with van der Waals surface area (Å²) in [6.07, 6.45) is -4.05. The van der Waals surface area contributed by atoms with Gasteiger partial charge < -0.3 is 19.9 Å². The van der Waals surface area contributed by atoms with E-state index in [2.05, 4.69) is 5.32 Å². The normalized spacial score (nSPS) is 12.2. The number of esters is 2. The molecule has 0 bridgehead atoms. The fourth-order valence-electron chi connectivity index (χ4n) is 2.98. The van der Waals surface area contributed by atoms with Gasteiger partial charge in [-0.05, 0) is 50.2 Å². The molecule has 0 aliphatic rings. The van der Waals surface area contributed by atoms with Crippen molar-refractivity contribution in [2.45, 2.75) is 26.1 Å². The quantitative estimate of drug-likeness (QED) is 0.490. The van der Waals surface area contributed by atoms with Crippen LogP contribution in [0.4, 0.5) is 5.69 Å². The highest BCUT2D eigenvalue weighted by Gasteiger charge is 2.41. The minimum Gasteiger partial charge on any atom is -0.478 e. The molecule has 3 rings (SSSR count). The van der Waals surface area contributed by atoms with Gasteiger partial charge in [-0.1, -0.05) is 53.6 Å². The Morgan fingerprint density at radius 1 is 0.676 bits per heavy atom. The lowest BCUT2D eigenvalue weighted by atomic mass is 10.1. The minimum absolute atomic E-state index is 0.0870. The van der Waals surface area contributed by atoms with E-state index < -0.39 is 36.0 Å². The van der Waals surface area contributed by atoms with E-state index in [1.54, 1.807) is 54.6 Å². The van der Waals surface area contributed by atoms with E-state index >= 15 is 0 Å². The highest BCUT2D eigenvalue weighted by molar-refractivity contribution is 6.01. The van der Waals surface area contributed by atoms with Crippen molar-refractivity contribution in [1.82, 2.24) is 0 Å². The number of hydrogen-bond acceptors (Lipinski definition) is 6. The van der Waals surface area contributed by atoms with Crippen LogP contribution in [0.3, 0.4) is 0 Å². The van der Waals surface area contributed by atoms with Crippen LogP contribution in [0.25, 0.3) is 0 Å². The Labute approximate surface area is 196 Å². The molecule has 1 amide bonds. The van der Waals surface area contributed by atoms with Crippen LogP contribution in [0.2, 0.25) is 0 Å². The van der Waals surface area contributed by atoms with Crippen LogP contribution in [0.5, 0.6) is 0 Å². The maximum atomic E-state index is 13.0. The number of rotatable bonds is 8. The summed E-state index contributed by atoms with van der Waals surface area (Å²) < 4.78 is 10.4. The second kappa shape index (κ2) is 10.9. The highest BCUT2D eigenvalue weighted by Crippen LogP contribution is 2.16. The van der Waals surface area contributed by atoms with Crippen LogP contribution in [0.15, 0.2) is 78.9 Å². The van der Waals surface area contributed by atoms with Crippen LogP contribution in [-0.4, -0.2) is 41.1 Å². The summed E-state index contributed by atoms with van der Waals surface area (Å²) in [4.78, 5) is 50.3. The Bertz CT molecular complexity index is 1170. The number of benzene rings is 3. The van der Waals surface area contributed by atoms with Gasteiger partial charge in [0.2, 0.25) is 12.2 Å². The fourth-order valence-corrected chi connectivity index (χ4v) is 2.98. The first-order valence-corrected chi connectivity index (χ1v) is 10.4. The molecule has 0 fully saturated rings. The van der Waals surface area contributed by atoms with E-state index in [0.29, 0.717) is 5.69 Å². The molecule has 0 saturated carbocycles. The zero-order valence-corrected chi connectivity index (χ0v) is 18.6. The van der Waals surface area contributed by atoms with Gasteiger partial charge in [0.15, 0.2) is 0 Å². The molecule has 3 aromatic carbocycles. The lowest BCUT2D eigenvalue weighted by molar-refractivity contribution is -0.157. The van der Waals surface area contributed by atoms with Crippen molar-refractivity contribution in [3.63, 3.8) is 0 Å². The van der Waals surface area contributed by atoms with E-state index in [1.165, 1.54) is 24.3 Å². The number of carboxylic acid groups (broad SMARTS) is 1. The average Bonchev–Trinajstić information content (AvgIpc) is 2.82. The van der Waals surface area contributed by atoms with Gasteiger partial charge in [0.25, 0.3) is 5.91 Å². The van der Waals surface area contributed by atoms with Crippen LogP contribution in [0, 0.1) is 13.8 Å². The van der Waals surface area contributed by atoms with Crippen molar-refractivity contribution in [2.75, 3.05) is 5.32 Å². The van der Waals surface area contributed by atoms with Gasteiger partial charge >= 0.3 is 17.9 Å². The molecule has 0 radical (unpaired) electrons. The van der Waals surface area contributed by atoms with Gasteiger partial charge in [-0.3, -0.25) is 4.79 Å². The van der Waals surface area contributed by atoms with Crippen molar-refractivity contribution >= 4 is 29.5 Å². The number of hydrogen-bond donors (Lipinski definition) is 2. The zero-order chi connectivity index (χ0) is 24.7. The van der Waals surface area contributed by atoms with Gasteiger partial charge in [0, 0.05) is 5.69 Å². The molecule has 0 spiro atoms. The highest BCUT2D eigenvalue weighted by atomic mass is 16.6. The SMILES string of the molecule is Cc1ccc(C(=O)O[C@H](C(=O)O)[C@H](OC(=O)c2ccc(C)cc2)C(=O)Nc2ccccc2)cc1. The average molecular weight is 461 g/mol. The van der Waals surface area contributed by atoms with Gasteiger partial charge in [0.1, 0.15) is 0 Å². The number of para-hydroxylation sites is 1. The summed E-state index contributed by atoms with van der Waals surface area (Å²) >= 11 is 0. The van der Waals surface area contributed by atoms with Crippen molar-refractivity contribution < 1.29 is 33.8 Å². The minimum atomic E-state index is -2.09. The summed E-state index contributed by atoms with van der Waals surface area (Å²) in [5, 5.41) is 12.3. The Hall–Kier alpha value is -4.46. The molecule has 0 unspecified atom stereocenters. The van der Waals surface area contributed by atoms with Crippen LogP contribution >= 0.6 is 0 Å². The van der Waals surface area contributed by atoms with Gasteiger partial charge in [-0.25, -0.2) is 14.4 Å². The number of ether oxygens (including phenoxy) is 2. The number of aryl methyl sites for hydroxylation is 2. The molecule has 8 nitrogen and oxygen atoms in total. The molecule has 34 heavy (non-hydrogen) atoms. The predicted octanol–water partition coefficient (Wildman–Crippen LogP) is 3.78. The molecular formula is C26H23NO7. The third-order valence-corrected chi connectivity index (χ3v) is 4.86. The number of carbonyl (C=O) groups is 4. The summed E-state index contributed by atoms with van der Waals surface area (Å²) in [5.41, 5.74) is 2.32. The molecule has 2 N–H and O–H groups in total. The summed E-state index contributed by atoms with van der Waals surface area (Å²) in [5.74, 6) is -4.52. The van der Waals surface area contributed by atoms with Gasteiger partial charge in [-0.15, -0.1) is 0 Å². The summed E-state index contributed by atoms with van der Waals surface area (Å²) in [6, 6.07) is 20.8. The van der Waals surface area contributed by atoms with E-state index in [9.17, 15) is 24.3 Å². The maximum absolute atomic E-state index is 13.0. The molecule has 3 aromatic rings. The maximum Gasteiger partial charge on any atom is 0.349 e. The second-order valence-corrected chi connectivity index (χ2v) is 7.58. The second-order valence-electron chi connectivity index (χ2n) is 7.58. The Balaban J connectivity index is 1.89. The molecule has 0 aliphatic heterocycles. The summed E-state index contributed by atoms with van der Waals surface area (Å²) in [6.45, 7) is 3.65. The van der Waals surface area contributed by atoms with E-state index in [0.717, 1.165) is 11.1 Å². The topological polar surface area (TPSA) is 119 Å². The molecule has 174 valence electrons. The number of carbonyl (C=O) groups excluding carboxylic acids is 3. The molecule has 0 aromatic heterocycles. The molecule has 0 aliphatic carbocycles. The number of amides is 1. The summed E-state index contributed by atoms with van der Waals surface area (Å²) in [7, 11) is 0. The smallest absolute Gasteiger partial charge is 0.349 e. The molecular weight excluding hydrogens is 438 g/mol. The number of aliphatic carboxylic acids is 1.